The summed E-state index contributed by atoms with van der Waals surface area (Å²) in [5.41, 5.74) is 0.147. The predicted octanol–water partition coefficient (Wildman–Crippen LogP) is 4.05. The van der Waals surface area contributed by atoms with Crippen molar-refractivity contribution >= 4 is 9.76 Å². The van der Waals surface area contributed by atoms with Crippen LogP contribution < -0.4 is 0 Å². The van der Waals surface area contributed by atoms with Gasteiger partial charge in [-0.1, -0.05) is 52.4 Å². The smallest absolute Gasteiger partial charge is 0.162 e. The summed E-state index contributed by atoms with van der Waals surface area (Å²) < 4.78 is 5.95. The van der Waals surface area contributed by atoms with Gasteiger partial charge in [0.2, 0.25) is 0 Å². The zero-order chi connectivity index (χ0) is 11.6. The molecule has 0 aromatic heterocycles. The molecule has 0 aliphatic carbocycles. The molecule has 0 atom stereocenters. The van der Waals surface area contributed by atoms with E-state index in [-0.39, 0.29) is 15.4 Å². The molecule has 0 radical (unpaired) electrons. The highest BCUT2D eigenvalue weighted by Crippen LogP contribution is 2.14. The summed E-state index contributed by atoms with van der Waals surface area (Å²) in [5.74, 6) is 0. The minimum Gasteiger partial charge on any atom is -0.419 e. The van der Waals surface area contributed by atoms with Gasteiger partial charge in [0.05, 0.1) is 0 Å². The topological polar surface area (TPSA) is 9.23 Å². The largest absolute Gasteiger partial charge is 0.419 e. The zero-order valence-electron chi connectivity index (χ0n) is 11.3. The molecule has 0 heterocycles. The first-order chi connectivity index (χ1) is 7.12. The Bertz CT molecular complexity index is 134. The van der Waals surface area contributed by atoms with E-state index in [0.29, 0.717) is 0 Å². The van der Waals surface area contributed by atoms with E-state index >= 15 is 0 Å². The van der Waals surface area contributed by atoms with Gasteiger partial charge in [0, 0.05) is 5.60 Å². The first kappa shape index (κ1) is 15.2. The maximum atomic E-state index is 5.95. The van der Waals surface area contributed by atoms with Gasteiger partial charge in [-0.05, 0) is 26.3 Å². The molecule has 0 N–H and O–H groups in total. The lowest BCUT2D eigenvalue weighted by Crippen LogP contribution is -2.24. The third-order valence-corrected chi connectivity index (χ3v) is 4.87. The van der Waals surface area contributed by atoms with E-state index in [2.05, 4.69) is 27.7 Å². The highest BCUT2D eigenvalue weighted by molar-refractivity contribution is 6.27. The highest BCUT2D eigenvalue weighted by Gasteiger charge is 2.13. The van der Waals surface area contributed by atoms with Gasteiger partial charge in [0.25, 0.3) is 0 Å². The van der Waals surface area contributed by atoms with Crippen LogP contribution in [0.2, 0.25) is 6.04 Å². The molecule has 0 aromatic rings. The number of hydrogen-bond acceptors (Lipinski definition) is 1. The van der Waals surface area contributed by atoms with Crippen LogP contribution in [0.3, 0.4) is 0 Å². The van der Waals surface area contributed by atoms with E-state index in [9.17, 15) is 0 Å². The van der Waals surface area contributed by atoms with Crippen LogP contribution in [0.1, 0.15) is 72.6 Å². The van der Waals surface area contributed by atoms with Gasteiger partial charge in [0.15, 0.2) is 9.76 Å². The van der Waals surface area contributed by atoms with E-state index in [1.165, 1.54) is 44.6 Å². The van der Waals surface area contributed by atoms with Crippen molar-refractivity contribution in [3.05, 3.63) is 0 Å². The van der Waals surface area contributed by atoms with E-state index in [1.54, 1.807) is 0 Å². The predicted molar refractivity (Wildman–Crippen MR) is 72.2 cm³/mol. The molecule has 0 bridgehead atoms. The average molecular weight is 230 g/mol. The Labute approximate surface area is 98.9 Å². The van der Waals surface area contributed by atoms with Crippen molar-refractivity contribution < 1.29 is 4.43 Å². The van der Waals surface area contributed by atoms with Crippen molar-refractivity contribution in [1.82, 2.24) is 0 Å². The second-order valence-corrected chi connectivity index (χ2v) is 6.49. The van der Waals surface area contributed by atoms with Crippen LogP contribution >= 0.6 is 0 Å². The summed E-state index contributed by atoms with van der Waals surface area (Å²) in [6, 6.07) is 1.37. The first-order valence-corrected chi connectivity index (χ1v) is 8.34. The fraction of sp³-hybridized carbons (Fsp3) is 1.00. The standard InChI is InChI=1S/C13H30OSi/c1-5-7-8-9-10-11-12-15-14-13(3,4)6-2/h5-12,15H2,1-4H3. The molecule has 0 unspecified atom stereocenters. The average Bonchev–Trinajstić information content (AvgIpc) is 2.22. The fourth-order valence-corrected chi connectivity index (χ4v) is 2.97. The van der Waals surface area contributed by atoms with Crippen molar-refractivity contribution in [3.8, 4) is 0 Å². The van der Waals surface area contributed by atoms with E-state index in [0.717, 1.165) is 6.42 Å². The Balaban J connectivity index is 3.11. The zero-order valence-corrected chi connectivity index (χ0v) is 12.7. The SMILES string of the molecule is CCCCCCCC[SiH2]OC(C)(C)CC. The van der Waals surface area contributed by atoms with Crippen LogP contribution in [0.25, 0.3) is 0 Å². The molecule has 2 heteroatoms. The molecule has 0 aliphatic heterocycles. The third-order valence-electron chi connectivity index (χ3n) is 3.09. The molecule has 0 spiro atoms. The fourth-order valence-electron chi connectivity index (χ4n) is 1.51. The lowest BCUT2D eigenvalue weighted by Gasteiger charge is -2.23. The Hall–Kier alpha value is 0.177. The highest BCUT2D eigenvalue weighted by atomic mass is 28.2. The van der Waals surface area contributed by atoms with Crippen molar-refractivity contribution in [1.29, 1.82) is 0 Å². The lowest BCUT2D eigenvalue weighted by molar-refractivity contribution is 0.111. The van der Waals surface area contributed by atoms with Crippen LogP contribution in [0.4, 0.5) is 0 Å². The molecule has 15 heavy (non-hydrogen) atoms. The first-order valence-electron chi connectivity index (χ1n) is 6.76. The summed E-state index contributed by atoms with van der Waals surface area (Å²) in [6.45, 7) is 8.90. The third kappa shape index (κ3) is 10.5. The van der Waals surface area contributed by atoms with Crippen LogP contribution in [-0.2, 0) is 4.43 Å². The summed E-state index contributed by atoms with van der Waals surface area (Å²) in [4.78, 5) is 0. The summed E-state index contributed by atoms with van der Waals surface area (Å²) >= 11 is 0. The number of rotatable bonds is 10. The summed E-state index contributed by atoms with van der Waals surface area (Å²) in [5, 5.41) is 0. The van der Waals surface area contributed by atoms with Crippen molar-refractivity contribution in [2.75, 3.05) is 0 Å². The molecule has 0 aliphatic rings. The van der Waals surface area contributed by atoms with E-state index < -0.39 is 0 Å². The molecule has 0 rings (SSSR count). The lowest BCUT2D eigenvalue weighted by atomic mass is 10.1. The van der Waals surface area contributed by atoms with Crippen molar-refractivity contribution in [2.45, 2.75) is 84.3 Å². The molecule has 0 aromatic carbocycles. The molecule has 0 saturated carbocycles. The van der Waals surface area contributed by atoms with Crippen LogP contribution in [0, 0.1) is 0 Å². The molecule has 92 valence electrons. The maximum Gasteiger partial charge on any atom is 0.162 e. The summed E-state index contributed by atoms with van der Waals surface area (Å²) in [7, 11) is -0.243. The van der Waals surface area contributed by atoms with Gasteiger partial charge in [-0.15, -0.1) is 0 Å². The second-order valence-electron chi connectivity index (χ2n) is 5.08. The molecule has 0 saturated heterocycles. The number of unbranched alkanes of at least 4 members (excludes halogenated alkanes) is 5. The van der Waals surface area contributed by atoms with Crippen LogP contribution in [-0.4, -0.2) is 15.4 Å². The van der Waals surface area contributed by atoms with Crippen LogP contribution in [0.15, 0.2) is 0 Å². The van der Waals surface area contributed by atoms with Gasteiger partial charge < -0.3 is 4.43 Å². The van der Waals surface area contributed by atoms with E-state index in [1.807, 2.05) is 0 Å². The quantitative estimate of drug-likeness (QED) is 0.406. The Kier molecular flexibility index (Phi) is 9.52. The van der Waals surface area contributed by atoms with E-state index in [4.69, 9.17) is 4.43 Å². The molecular weight excluding hydrogens is 200 g/mol. The molecular formula is C13H30OSi. The Morgan fingerprint density at radius 1 is 0.933 bits per heavy atom. The van der Waals surface area contributed by atoms with Crippen molar-refractivity contribution in [3.63, 3.8) is 0 Å². The van der Waals surface area contributed by atoms with Crippen LogP contribution in [0.5, 0.6) is 0 Å². The molecule has 1 nitrogen and oxygen atoms in total. The van der Waals surface area contributed by atoms with Gasteiger partial charge >= 0.3 is 0 Å². The van der Waals surface area contributed by atoms with Gasteiger partial charge in [-0.25, -0.2) is 0 Å². The monoisotopic (exact) mass is 230 g/mol. The Morgan fingerprint density at radius 3 is 2.13 bits per heavy atom. The van der Waals surface area contributed by atoms with Gasteiger partial charge in [-0.2, -0.15) is 0 Å². The molecule has 0 amide bonds. The second kappa shape index (κ2) is 9.41. The van der Waals surface area contributed by atoms with Gasteiger partial charge in [-0.3, -0.25) is 0 Å². The minimum absolute atomic E-state index is 0.147. The number of hydrogen-bond donors (Lipinski definition) is 0. The minimum atomic E-state index is -0.243. The summed E-state index contributed by atoms with van der Waals surface area (Å²) in [6.07, 6.45) is 9.58. The Morgan fingerprint density at radius 2 is 1.53 bits per heavy atom. The van der Waals surface area contributed by atoms with Gasteiger partial charge in [0.1, 0.15) is 0 Å². The molecule has 0 fully saturated rings. The van der Waals surface area contributed by atoms with Crippen molar-refractivity contribution in [2.24, 2.45) is 0 Å². The normalized spacial score (nSPS) is 12.8. The maximum absolute atomic E-state index is 5.95.